The van der Waals surface area contributed by atoms with Crippen LogP contribution in [0.2, 0.25) is 0 Å². The zero-order valence-electron chi connectivity index (χ0n) is 9.94. The molecule has 0 radical (unpaired) electrons. The zero-order valence-corrected chi connectivity index (χ0v) is 10.8. The number of aliphatic hydroxyl groups excluding tert-OH is 1. The van der Waals surface area contributed by atoms with E-state index in [4.69, 9.17) is 5.11 Å². The van der Waals surface area contributed by atoms with Crippen molar-refractivity contribution >= 4 is 27.3 Å². The van der Waals surface area contributed by atoms with E-state index in [1.807, 2.05) is 0 Å². The number of aliphatic hydroxyl groups is 1. The Morgan fingerprint density at radius 3 is 3.00 bits per heavy atom. The van der Waals surface area contributed by atoms with Crippen LogP contribution in [0, 0.1) is 5.82 Å². The molecule has 0 aliphatic rings. The van der Waals surface area contributed by atoms with Gasteiger partial charge >= 0.3 is 0 Å². The molecule has 0 saturated carbocycles. The van der Waals surface area contributed by atoms with E-state index in [2.05, 4.69) is 5.32 Å². The molecule has 18 heavy (non-hydrogen) atoms. The van der Waals surface area contributed by atoms with Crippen LogP contribution in [0.1, 0.15) is 23.0 Å². The van der Waals surface area contributed by atoms with Crippen LogP contribution in [0.3, 0.4) is 0 Å². The number of thiophene rings is 1. The maximum atomic E-state index is 13.0. The van der Waals surface area contributed by atoms with E-state index in [-0.39, 0.29) is 11.7 Å². The lowest BCUT2D eigenvalue weighted by molar-refractivity contribution is 0.0949. The Balaban J connectivity index is 2.08. The summed E-state index contributed by atoms with van der Waals surface area (Å²) in [6.07, 6.45) is 0.0902. The number of hydrogen-bond donors (Lipinski definition) is 2. The van der Waals surface area contributed by atoms with Crippen molar-refractivity contribution in [1.82, 2.24) is 5.32 Å². The largest absolute Gasteiger partial charge is 0.393 e. The number of carbonyl (C=O) groups is 1. The van der Waals surface area contributed by atoms with Crippen LogP contribution >= 0.6 is 11.3 Å². The van der Waals surface area contributed by atoms with Crippen molar-refractivity contribution in [3.05, 3.63) is 35.0 Å². The molecule has 1 aromatic carbocycles. The van der Waals surface area contributed by atoms with Gasteiger partial charge in [0.1, 0.15) is 5.82 Å². The van der Waals surface area contributed by atoms with Gasteiger partial charge in [0.2, 0.25) is 0 Å². The van der Waals surface area contributed by atoms with E-state index >= 15 is 0 Å². The summed E-state index contributed by atoms with van der Waals surface area (Å²) >= 11 is 1.26. The second-order valence-corrected chi connectivity index (χ2v) is 5.27. The molecule has 96 valence electrons. The zero-order chi connectivity index (χ0) is 13.1. The van der Waals surface area contributed by atoms with Crippen LogP contribution in [0.4, 0.5) is 4.39 Å². The molecule has 0 fully saturated rings. The van der Waals surface area contributed by atoms with Crippen molar-refractivity contribution in [1.29, 1.82) is 0 Å². The summed E-state index contributed by atoms with van der Waals surface area (Å²) in [5, 5.41) is 12.7. The molecule has 5 heteroatoms. The van der Waals surface area contributed by atoms with Crippen LogP contribution in [-0.2, 0) is 0 Å². The van der Waals surface area contributed by atoms with Crippen molar-refractivity contribution < 1.29 is 14.3 Å². The normalized spacial score (nSPS) is 12.6. The summed E-state index contributed by atoms with van der Waals surface area (Å²) in [6, 6.07) is 6.21. The molecule has 0 bridgehead atoms. The van der Waals surface area contributed by atoms with Crippen LogP contribution in [0.15, 0.2) is 24.3 Å². The van der Waals surface area contributed by atoms with Gasteiger partial charge < -0.3 is 10.4 Å². The van der Waals surface area contributed by atoms with E-state index < -0.39 is 6.10 Å². The molecular weight excluding hydrogens is 253 g/mol. The molecule has 2 N–H and O–H groups in total. The summed E-state index contributed by atoms with van der Waals surface area (Å²) in [5.41, 5.74) is 0. The van der Waals surface area contributed by atoms with E-state index in [0.29, 0.717) is 17.8 Å². The second kappa shape index (κ2) is 5.46. The highest BCUT2D eigenvalue weighted by Gasteiger charge is 2.10. The average molecular weight is 267 g/mol. The van der Waals surface area contributed by atoms with Gasteiger partial charge in [0, 0.05) is 11.2 Å². The van der Waals surface area contributed by atoms with Crippen molar-refractivity contribution in [3.63, 3.8) is 0 Å². The fourth-order valence-corrected chi connectivity index (χ4v) is 2.60. The first-order chi connectivity index (χ1) is 8.56. The molecule has 1 atom stereocenters. The molecule has 2 aromatic rings. The standard InChI is InChI=1S/C13H14FNO2S/c1-8(16)4-5-15-13(17)12-6-9-2-3-10(14)7-11(9)18-12/h2-3,6-8,16H,4-5H2,1H3,(H,15,17). The van der Waals surface area contributed by atoms with E-state index in [9.17, 15) is 9.18 Å². The third-order valence-corrected chi connectivity index (χ3v) is 3.65. The van der Waals surface area contributed by atoms with Gasteiger partial charge in [-0.05, 0) is 36.9 Å². The van der Waals surface area contributed by atoms with Gasteiger partial charge in [-0.2, -0.15) is 0 Å². The summed E-state index contributed by atoms with van der Waals surface area (Å²) in [6.45, 7) is 2.10. The molecule has 0 saturated heterocycles. The first-order valence-corrected chi connectivity index (χ1v) is 6.53. The predicted molar refractivity (Wildman–Crippen MR) is 70.4 cm³/mol. The second-order valence-electron chi connectivity index (χ2n) is 4.19. The molecule has 1 aromatic heterocycles. The van der Waals surface area contributed by atoms with Crippen molar-refractivity contribution in [3.8, 4) is 0 Å². The Kier molecular flexibility index (Phi) is 3.93. The molecule has 2 rings (SSSR count). The number of fused-ring (bicyclic) bond motifs is 1. The molecule has 1 heterocycles. The lowest BCUT2D eigenvalue weighted by Gasteiger charge is -2.04. The van der Waals surface area contributed by atoms with Crippen LogP contribution < -0.4 is 5.32 Å². The topological polar surface area (TPSA) is 49.3 Å². The quantitative estimate of drug-likeness (QED) is 0.894. The van der Waals surface area contributed by atoms with Crippen LogP contribution in [0.25, 0.3) is 10.1 Å². The van der Waals surface area contributed by atoms with E-state index in [1.54, 1.807) is 19.1 Å². The number of rotatable bonds is 4. The van der Waals surface area contributed by atoms with E-state index in [0.717, 1.165) is 10.1 Å². The highest BCUT2D eigenvalue weighted by Crippen LogP contribution is 2.26. The minimum absolute atomic E-state index is 0.183. The maximum absolute atomic E-state index is 13.0. The minimum Gasteiger partial charge on any atom is -0.393 e. The summed E-state index contributed by atoms with van der Waals surface area (Å²) in [7, 11) is 0. The molecule has 1 amide bonds. The number of nitrogens with one attached hydrogen (secondary N) is 1. The molecule has 3 nitrogen and oxygen atoms in total. The fraction of sp³-hybridized carbons (Fsp3) is 0.308. The van der Waals surface area contributed by atoms with Gasteiger partial charge in [0.05, 0.1) is 11.0 Å². The maximum Gasteiger partial charge on any atom is 0.261 e. The Bertz CT molecular complexity index is 565. The van der Waals surface area contributed by atoms with Gasteiger partial charge in [-0.25, -0.2) is 4.39 Å². The van der Waals surface area contributed by atoms with Crippen LogP contribution in [-0.4, -0.2) is 23.7 Å². The summed E-state index contributed by atoms with van der Waals surface area (Å²) < 4.78 is 13.8. The third kappa shape index (κ3) is 3.05. The first kappa shape index (κ1) is 13.0. The Morgan fingerprint density at radius 1 is 1.50 bits per heavy atom. The molecule has 1 unspecified atom stereocenters. The third-order valence-electron chi connectivity index (χ3n) is 2.55. The molecule has 0 spiro atoms. The van der Waals surface area contributed by atoms with E-state index in [1.165, 1.54) is 23.5 Å². The van der Waals surface area contributed by atoms with Crippen molar-refractivity contribution in [2.45, 2.75) is 19.4 Å². The number of hydrogen-bond acceptors (Lipinski definition) is 3. The lowest BCUT2D eigenvalue weighted by Crippen LogP contribution is -2.25. The highest BCUT2D eigenvalue weighted by atomic mass is 32.1. The SMILES string of the molecule is CC(O)CCNC(=O)c1cc2ccc(F)cc2s1. The van der Waals surface area contributed by atoms with Crippen molar-refractivity contribution in [2.24, 2.45) is 0 Å². The number of halogens is 1. The summed E-state index contributed by atoms with van der Waals surface area (Å²) in [4.78, 5) is 12.4. The Morgan fingerprint density at radius 2 is 2.28 bits per heavy atom. The average Bonchev–Trinajstić information content (AvgIpc) is 2.71. The van der Waals surface area contributed by atoms with Crippen LogP contribution in [0.5, 0.6) is 0 Å². The monoisotopic (exact) mass is 267 g/mol. The molecular formula is C13H14FNO2S. The van der Waals surface area contributed by atoms with Gasteiger partial charge in [-0.15, -0.1) is 11.3 Å². The Hall–Kier alpha value is -1.46. The fourth-order valence-electron chi connectivity index (χ4n) is 1.60. The van der Waals surface area contributed by atoms with Crippen molar-refractivity contribution in [2.75, 3.05) is 6.54 Å². The van der Waals surface area contributed by atoms with Gasteiger partial charge in [-0.1, -0.05) is 6.07 Å². The van der Waals surface area contributed by atoms with Gasteiger partial charge in [0.25, 0.3) is 5.91 Å². The Labute approximate surface area is 108 Å². The highest BCUT2D eigenvalue weighted by molar-refractivity contribution is 7.20. The number of benzene rings is 1. The van der Waals surface area contributed by atoms with Gasteiger partial charge in [-0.3, -0.25) is 4.79 Å². The van der Waals surface area contributed by atoms with Gasteiger partial charge in [0.15, 0.2) is 0 Å². The first-order valence-electron chi connectivity index (χ1n) is 5.71. The molecule has 0 aliphatic heterocycles. The predicted octanol–water partition coefficient (Wildman–Crippen LogP) is 2.54. The minimum atomic E-state index is -0.429. The number of amides is 1. The lowest BCUT2D eigenvalue weighted by atomic mass is 10.2. The summed E-state index contributed by atoms with van der Waals surface area (Å²) in [5.74, 6) is -0.484. The number of carbonyl (C=O) groups excluding carboxylic acids is 1. The smallest absolute Gasteiger partial charge is 0.261 e. The molecule has 0 aliphatic carbocycles.